The Morgan fingerprint density at radius 3 is 2.94 bits per heavy atom. The smallest absolute Gasteiger partial charge is 0.220 e. The number of nitrogens with one attached hydrogen (secondary N) is 1. The lowest BCUT2D eigenvalue weighted by Crippen LogP contribution is -2.38. The zero-order chi connectivity index (χ0) is 12.6. The Hall–Kier alpha value is -0.870. The molecule has 1 aliphatic carbocycles. The van der Waals surface area contributed by atoms with Gasteiger partial charge in [0.15, 0.2) is 0 Å². The Balaban J connectivity index is 1.70. The molecule has 0 unspecified atom stereocenters. The number of piperidine rings is 1. The van der Waals surface area contributed by atoms with E-state index in [1.54, 1.807) is 18.3 Å². The molecule has 1 saturated heterocycles. The maximum atomic E-state index is 11.9. The molecule has 1 amide bonds. The fourth-order valence-electron chi connectivity index (χ4n) is 3.25. The SMILES string of the molecule is CC(=O)N(Cc1ccsc1)[C@H]1CC12CCNCC2. The van der Waals surface area contributed by atoms with Gasteiger partial charge in [-0.3, -0.25) is 4.79 Å². The van der Waals surface area contributed by atoms with Crippen molar-refractivity contribution in [2.75, 3.05) is 13.1 Å². The monoisotopic (exact) mass is 264 g/mol. The molecule has 4 heteroatoms. The van der Waals surface area contributed by atoms with Crippen LogP contribution < -0.4 is 5.32 Å². The van der Waals surface area contributed by atoms with E-state index < -0.39 is 0 Å². The van der Waals surface area contributed by atoms with E-state index in [-0.39, 0.29) is 5.91 Å². The average molecular weight is 264 g/mol. The summed E-state index contributed by atoms with van der Waals surface area (Å²) in [5, 5.41) is 7.64. The van der Waals surface area contributed by atoms with Gasteiger partial charge < -0.3 is 10.2 Å². The van der Waals surface area contributed by atoms with Gasteiger partial charge in [-0.25, -0.2) is 0 Å². The highest BCUT2D eigenvalue weighted by Gasteiger charge is 2.57. The van der Waals surface area contributed by atoms with Crippen LogP contribution in [-0.2, 0) is 11.3 Å². The van der Waals surface area contributed by atoms with Crippen molar-refractivity contribution in [1.29, 1.82) is 0 Å². The first-order valence-corrected chi connectivity index (χ1v) is 7.65. The number of hydrogen-bond donors (Lipinski definition) is 1. The molecular weight excluding hydrogens is 244 g/mol. The van der Waals surface area contributed by atoms with Crippen LogP contribution in [0.2, 0.25) is 0 Å². The van der Waals surface area contributed by atoms with E-state index in [9.17, 15) is 4.79 Å². The predicted molar refractivity (Wildman–Crippen MR) is 73.5 cm³/mol. The minimum absolute atomic E-state index is 0.224. The van der Waals surface area contributed by atoms with Crippen molar-refractivity contribution in [2.24, 2.45) is 5.41 Å². The molecule has 1 aliphatic heterocycles. The van der Waals surface area contributed by atoms with E-state index in [1.165, 1.54) is 24.8 Å². The normalized spacial score (nSPS) is 25.1. The fourth-order valence-corrected chi connectivity index (χ4v) is 3.91. The van der Waals surface area contributed by atoms with E-state index >= 15 is 0 Å². The third kappa shape index (κ3) is 2.19. The molecule has 0 radical (unpaired) electrons. The quantitative estimate of drug-likeness (QED) is 0.908. The van der Waals surface area contributed by atoms with E-state index in [1.807, 2.05) is 0 Å². The lowest BCUT2D eigenvalue weighted by molar-refractivity contribution is -0.130. The third-order valence-electron chi connectivity index (χ3n) is 4.46. The van der Waals surface area contributed by atoms with Crippen molar-refractivity contribution in [3.05, 3.63) is 22.4 Å². The number of thiophene rings is 1. The number of carbonyl (C=O) groups is 1. The van der Waals surface area contributed by atoms with Crippen LogP contribution in [0.3, 0.4) is 0 Å². The molecule has 1 spiro atoms. The Bertz CT molecular complexity index is 423. The second-order valence-corrected chi connectivity index (χ2v) is 6.39. The minimum Gasteiger partial charge on any atom is -0.335 e. The highest BCUT2D eigenvalue weighted by atomic mass is 32.1. The highest BCUT2D eigenvalue weighted by Crippen LogP contribution is 2.56. The molecule has 0 aromatic carbocycles. The number of nitrogens with zero attached hydrogens (tertiary/aromatic N) is 1. The van der Waals surface area contributed by atoms with Crippen molar-refractivity contribution in [3.63, 3.8) is 0 Å². The molecule has 3 nitrogen and oxygen atoms in total. The topological polar surface area (TPSA) is 32.3 Å². The first kappa shape index (κ1) is 12.2. The fraction of sp³-hybridized carbons (Fsp3) is 0.643. The first-order valence-electron chi connectivity index (χ1n) is 6.70. The summed E-state index contributed by atoms with van der Waals surface area (Å²) in [6.45, 7) is 4.72. The van der Waals surface area contributed by atoms with Crippen molar-refractivity contribution in [2.45, 2.75) is 38.8 Å². The van der Waals surface area contributed by atoms with Crippen LogP contribution in [0.4, 0.5) is 0 Å². The van der Waals surface area contributed by atoms with Gasteiger partial charge >= 0.3 is 0 Å². The summed E-state index contributed by atoms with van der Waals surface area (Å²) in [6.07, 6.45) is 3.66. The largest absolute Gasteiger partial charge is 0.335 e. The lowest BCUT2D eigenvalue weighted by atomic mass is 9.93. The van der Waals surface area contributed by atoms with Crippen LogP contribution in [0.25, 0.3) is 0 Å². The molecule has 1 atom stereocenters. The van der Waals surface area contributed by atoms with Gasteiger partial charge in [-0.15, -0.1) is 0 Å². The summed E-state index contributed by atoms with van der Waals surface area (Å²) in [7, 11) is 0. The summed E-state index contributed by atoms with van der Waals surface area (Å²) in [5.41, 5.74) is 1.71. The van der Waals surface area contributed by atoms with Crippen LogP contribution in [0.1, 0.15) is 31.7 Å². The van der Waals surface area contributed by atoms with Gasteiger partial charge in [0, 0.05) is 19.5 Å². The Labute approximate surface area is 112 Å². The van der Waals surface area contributed by atoms with Crippen LogP contribution in [-0.4, -0.2) is 29.9 Å². The number of hydrogen-bond acceptors (Lipinski definition) is 3. The summed E-state index contributed by atoms with van der Waals surface area (Å²) < 4.78 is 0. The van der Waals surface area contributed by atoms with E-state index in [4.69, 9.17) is 0 Å². The second kappa shape index (κ2) is 4.67. The standard InChI is InChI=1S/C14H20N2OS/c1-11(17)16(9-12-2-7-18-10-12)13-8-14(13)3-5-15-6-4-14/h2,7,10,13,15H,3-6,8-9H2,1H3/t13-/m0/s1. The maximum Gasteiger partial charge on any atom is 0.220 e. The molecular formula is C14H20N2OS. The molecule has 1 saturated carbocycles. The molecule has 1 N–H and O–H groups in total. The third-order valence-corrected chi connectivity index (χ3v) is 5.19. The van der Waals surface area contributed by atoms with E-state index in [0.717, 1.165) is 19.6 Å². The van der Waals surface area contributed by atoms with Crippen LogP contribution >= 0.6 is 11.3 Å². The molecule has 1 aromatic heterocycles. The van der Waals surface area contributed by atoms with Gasteiger partial charge in [0.2, 0.25) is 5.91 Å². The molecule has 2 aliphatic rings. The molecule has 3 rings (SSSR count). The van der Waals surface area contributed by atoms with Gasteiger partial charge in [-0.1, -0.05) is 0 Å². The van der Waals surface area contributed by atoms with E-state index in [0.29, 0.717) is 11.5 Å². The minimum atomic E-state index is 0.224. The molecule has 98 valence electrons. The molecule has 2 fully saturated rings. The Morgan fingerprint density at radius 1 is 1.56 bits per heavy atom. The van der Waals surface area contributed by atoms with E-state index in [2.05, 4.69) is 27.0 Å². The molecule has 2 heterocycles. The number of amides is 1. The summed E-state index contributed by atoms with van der Waals surface area (Å²) in [4.78, 5) is 14.0. The Morgan fingerprint density at radius 2 is 2.33 bits per heavy atom. The summed E-state index contributed by atoms with van der Waals surface area (Å²) in [5.74, 6) is 0.224. The van der Waals surface area contributed by atoms with Crippen molar-refractivity contribution < 1.29 is 4.79 Å². The van der Waals surface area contributed by atoms with Gasteiger partial charge in [-0.05, 0) is 60.2 Å². The zero-order valence-electron chi connectivity index (χ0n) is 10.8. The first-order chi connectivity index (χ1) is 8.71. The molecule has 0 bridgehead atoms. The van der Waals surface area contributed by atoms with Gasteiger partial charge in [-0.2, -0.15) is 11.3 Å². The lowest BCUT2D eigenvalue weighted by Gasteiger charge is -2.28. The molecule has 1 aromatic rings. The van der Waals surface area contributed by atoms with Crippen molar-refractivity contribution >= 4 is 17.2 Å². The van der Waals surface area contributed by atoms with Crippen LogP contribution in [0, 0.1) is 5.41 Å². The second-order valence-electron chi connectivity index (χ2n) is 5.61. The van der Waals surface area contributed by atoms with Crippen molar-refractivity contribution in [3.8, 4) is 0 Å². The molecule has 18 heavy (non-hydrogen) atoms. The van der Waals surface area contributed by atoms with Crippen LogP contribution in [0.5, 0.6) is 0 Å². The zero-order valence-corrected chi connectivity index (χ0v) is 11.6. The Kier molecular flexibility index (Phi) is 3.16. The highest BCUT2D eigenvalue weighted by molar-refractivity contribution is 7.07. The average Bonchev–Trinajstić information content (AvgIpc) is 2.82. The summed E-state index contributed by atoms with van der Waals surface area (Å²) >= 11 is 1.70. The van der Waals surface area contributed by atoms with Gasteiger partial charge in [0.05, 0.1) is 0 Å². The summed E-state index contributed by atoms with van der Waals surface area (Å²) in [6, 6.07) is 2.61. The predicted octanol–water partition coefficient (Wildman–Crippen LogP) is 2.24. The number of rotatable bonds is 3. The number of carbonyl (C=O) groups excluding carboxylic acids is 1. The van der Waals surface area contributed by atoms with Gasteiger partial charge in [0.25, 0.3) is 0 Å². The van der Waals surface area contributed by atoms with Crippen LogP contribution in [0.15, 0.2) is 16.8 Å². The maximum absolute atomic E-state index is 11.9. The van der Waals surface area contributed by atoms with Gasteiger partial charge in [0.1, 0.15) is 0 Å². The van der Waals surface area contributed by atoms with Crippen molar-refractivity contribution in [1.82, 2.24) is 10.2 Å².